The molecule has 0 unspecified atom stereocenters. The Morgan fingerprint density at radius 3 is 2.83 bits per heavy atom. The summed E-state index contributed by atoms with van der Waals surface area (Å²) in [5, 5.41) is 0. The van der Waals surface area contributed by atoms with E-state index < -0.39 is 17.7 Å². The molecule has 4 aliphatic rings. The summed E-state index contributed by atoms with van der Waals surface area (Å²) in [6, 6.07) is 4.67. The van der Waals surface area contributed by atoms with Gasteiger partial charge < -0.3 is 9.47 Å². The van der Waals surface area contributed by atoms with Crippen LogP contribution in [0.15, 0.2) is 18.2 Å². The van der Waals surface area contributed by atoms with Crippen LogP contribution in [0.1, 0.15) is 49.7 Å². The molecule has 0 amide bonds. The van der Waals surface area contributed by atoms with E-state index >= 15 is 0 Å². The first-order chi connectivity index (χ1) is 11.1. The molecule has 23 heavy (non-hydrogen) atoms. The SMILES string of the molecule is CO[C@H]1O[C@]2(c3ccc(F)cc3C)CC[C@H]3CCCC[C@@]31OO2. The zero-order chi connectivity index (χ0) is 16.1. The lowest BCUT2D eigenvalue weighted by Crippen LogP contribution is -2.59. The molecule has 3 heterocycles. The molecule has 3 aliphatic heterocycles. The predicted molar refractivity (Wildman–Crippen MR) is 80.8 cm³/mol. The molecule has 4 atom stereocenters. The molecular weight excluding hydrogens is 299 g/mol. The maximum absolute atomic E-state index is 13.5. The van der Waals surface area contributed by atoms with Gasteiger partial charge in [0.1, 0.15) is 5.82 Å². The van der Waals surface area contributed by atoms with E-state index in [0.717, 1.165) is 36.8 Å². The topological polar surface area (TPSA) is 36.9 Å². The molecule has 1 aromatic carbocycles. The fraction of sp³-hybridized carbons (Fsp3) is 0.667. The van der Waals surface area contributed by atoms with Crippen molar-refractivity contribution in [3.63, 3.8) is 0 Å². The molecule has 1 aliphatic carbocycles. The molecule has 0 N–H and O–H groups in total. The molecule has 1 spiro atoms. The molecule has 0 radical (unpaired) electrons. The number of rotatable bonds is 2. The van der Waals surface area contributed by atoms with Gasteiger partial charge in [-0.1, -0.05) is 18.9 Å². The standard InChI is InChI=1S/C18H23FO4/c1-12-11-14(19)6-7-15(12)18-10-8-13-5-3-4-9-17(13,22-23-18)16(20-2)21-18/h6-7,11,13,16H,3-5,8-10H2,1-2H3/t13-,16+,17-,18-/m1/s1. The smallest absolute Gasteiger partial charge is 0.230 e. The van der Waals surface area contributed by atoms with Gasteiger partial charge in [-0.3, -0.25) is 0 Å². The van der Waals surface area contributed by atoms with Crippen molar-refractivity contribution < 1.29 is 23.6 Å². The Morgan fingerprint density at radius 1 is 1.17 bits per heavy atom. The first kappa shape index (κ1) is 15.5. The van der Waals surface area contributed by atoms with Gasteiger partial charge in [0.05, 0.1) is 0 Å². The van der Waals surface area contributed by atoms with Gasteiger partial charge in [0.15, 0.2) is 11.9 Å². The van der Waals surface area contributed by atoms with Crippen molar-refractivity contribution in [3.8, 4) is 0 Å². The minimum absolute atomic E-state index is 0.263. The van der Waals surface area contributed by atoms with Crippen molar-refractivity contribution in [3.05, 3.63) is 35.1 Å². The molecule has 5 rings (SSSR count). The number of methoxy groups -OCH3 is 1. The average molecular weight is 322 g/mol. The van der Waals surface area contributed by atoms with Crippen LogP contribution in [0.3, 0.4) is 0 Å². The average Bonchev–Trinajstić information content (AvgIpc) is 2.80. The van der Waals surface area contributed by atoms with Gasteiger partial charge in [-0.2, -0.15) is 4.89 Å². The molecule has 126 valence electrons. The van der Waals surface area contributed by atoms with Crippen LogP contribution >= 0.6 is 0 Å². The van der Waals surface area contributed by atoms with E-state index in [-0.39, 0.29) is 5.82 Å². The summed E-state index contributed by atoms with van der Waals surface area (Å²) in [5.74, 6) is -0.908. The van der Waals surface area contributed by atoms with Gasteiger partial charge in [0, 0.05) is 19.1 Å². The van der Waals surface area contributed by atoms with Crippen LogP contribution < -0.4 is 0 Å². The van der Waals surface area contributed by atoms with Crippen LogP contribution in [-0.4, -0.2) is 19.0 Å². The van der Waals surface area contributed by atoms with E-state index in [1.54, 1.807) is 13.2 Å². The van der Waals surface area contributed by atoms with Crippen molar-refractivity contribution in [2.45, 2.75) is 63.1 Å². The van der Waals surface area contributed by atoms with E-state index in [2.05, 4.69) is 0 Å². The van der Waals surface area contributed by atoms with Crippen LogP contribution in [-0.2, 0) is 25.0 Å². The Morgan fingerprint density at radius 2 is 2.04 bits per heavy atom. The quantitative estimate of drug-likeness (QED) is 0.772. The van der Waals surface area contributed by atoms with Gasteiger partial charge >= 0.3 is 0 Å². The van der Waals surface area contributed by atoms with Gasteiger partial charge in [-0.05, 0) is 49.8 Å². The molecule has 2 bridgehead atoms. The van der Waals surface area contributed by atoms with Crippen LogP contribution in [0.25, 0.3) is 0 Å². The van der Waals surface area contributed by atoms with E-state index in [4.69, 9.17) is 19.2 Å². The zero-order valence-electron chi connectivity index (χ0n) is 13.6. The van der Waals surface area contributed by atoms with Crippen molar-refractivity contribution in [2.75, 3.05) is 7.11 Å². The molecule has 1 saturated carbocycles. The lowest BCUT2D eigenvalue weighted by molar-refractivity contribution is -0.559. The van der Waals surface area contributed by atoms with Crippen molar-refractivity contribution >= 4 is 0 Å². The van der Waals surface area contributed by atoms with E-state index in [1.807, 2.05) is 6.92 Å². The molecule has 4 fully saturated rings. The summed E-state index contributed by atoms with van der Waals surface area (Å²) in [6.45, 7) is 1.87. The lowest BCUT2D eigenvalue weighted by Gasteiger charge is -2.49. The number of ether oxygens (including phenoxy) is 2. The second-order valence-electron chi connectivity index (χ2n) is 7.00. The largest absolute Gasteiger partial charge is 0.353 e. The Bertz CT molecular complexity index is 603. The van der Waals surface area contributed by atoms with Crippen LogP contribution in [0.2, 0.25) is 0 Å². The van der Waals surface area contributed by atoms with Crippen LogP contribution in [0.4, 0.5) is 4.39 Å². The molecule has 0 aromatic heterocycles. The van der Waals surface area contributed by atoms with Crippen molar-refractivity contribution in [1.82, 2.24) is 0 Å². The summed E-state index contributed by atoms with van der Waals surface area (Å²) in [5.41, 5.74) is 1.10. The third-order valence-corrected chi connectivity index (χ3v) is 5.72. The third-order valence-electron chi connectivity index (χ3n) is 5.72. The number of aryl methyl sites for hydroxylation is 1. The van der Waals surface area contributed by atoms with Gasteiger partial charge in [0.2, 0.25) is 5.79 Å². The maximum Gasteiger partial charge on any atom is 0.230 e. The lowest BCUT2D eigenvalue weighted by atomic mass is 9.73. The van der Waals surface area contributed by atoms with E-state index in [9.17, 15) is 4.39 Å². The number of halogens is 1. The number of hydrogen-bond donors (Lipinski definition) is 0. The molecule has 3 saturated heterocycles. The Hall–Kier alpha value is -1.01. The Labute approximate surface area is 135 Å². The first-order valence-corrected chi connectivity index (χ1v) is 8.44. The molecule has 5 heteroatoms. The van der Waals surface area contributed by atoms with Crippen LogP contribution in [0.5, 0.6) is 0 Å². The fourth-order valence-electron chi connectivity index (χ4n) is 4.54. The first-order valence-electron chi connectivity index (χ1n) is 8.44. The third kappa shape index (κ3) is 2.25. The molecular formula is C18H23FO4. The summed E-state index contributed by atoms with van der Waals surface area (Å²) in [6.07, 6.45) is 5.45. The van der Waals surface area contributed by atoms with Gasteiger partial charge in [0.25, 0.3) is 0 Å². The van der Waals surface area contributed by atoms with Crippen molar-refractivity contribution in [2.24, 2.45) is 5.92 Å². The monoisotopic (exact) mass is 322 g/mol. The fourth-order valence-corrected chi connectivity index (χ4v) is 4.54. The predicted octanol–water partition coefficient (Wildman–Crippen LogP) is 3.96. The summed E-state index contributed by atoms with van der Waals surface area (Å²) < 4.78 is 25.5. The number of fused-ring (bicyclic) bond motifs is 3. The van der Waals surface area contributed by atoms with Gasteiger partial charge in [-0.25, -0.2) is 9.28 Å². The maximum atomic E-state index is 13.5. The second-order valence-corrected chi connectivity index (χ2v) is 7.00. The van der Waals surface area contributed by atoms with Crippen LogP contribution in [0, 0.1) is 18.7 Å². The highest BCUT2D eigenvalue weighted by atomic mass is 19.1. The van der Waals surface area contributed by atoms with E-state index in [1.165, 1.54) is 18.6 Å². The number of benzene rings is 1. The second kappa shape index (κ2) is 5.52. The molecule has 4 nitrogen and oxygen atoms in total. The Kier molecular flexibility index (Phi) is 3.72. The minimum Gasteiger partial charge on any atom is -0.353 e. The number of hydrogen-bond acceptors (Lipinski definition) is 4. The summed E-state index contributed by atoms with van der Waals surface area (Å²) in [4.78, 5) is 11.9. The zero-order valence-corrected chi connectivity index (χ0v) is 13.6. The van der Waals surface area contributed by atoms with Gasteiger partial charge in [-0.15, -0.1) is 0 Å². The summed E-state index contributed by atoms with van der Waals surface area (Å²) in [7, 11) is 1.65. The highest BCUT2D eigenvalue weighted by Gasteiger charge is 2.62. The van der Waals surface area contributed by atoms with E-state index in [0.29, 0.717) is 12.3 Å². The minimum atomic E-state index is -1.01. The Balaban J connectivity index is 1.76. The normalized spacial score (nSPS) is 39.8. The highest BCUT2D eigenvalue weighted by Crippen LogP contribution is 2.55. The molecule has 1 aromatic rings. The highest BCUT2D eigenvalue weighted by molar-refractivity contribution is 5.31. The summed E-state index contributed by atoms with van der Waals surface area (Å²) >= 11 is 0. The van der Waals surface area contributed by atoms with Crippen molar-refractivity contribution in [1.29, 1.82) is 0 Å².